The molecule has 0 aliphatic carbocycles. The van der Waals surface area contributed by atoms with Crippen LogP contribution in [0.4, 0.5) is 0 Å². The Morgan fingerprint density at radius 2 is 1.56 bits per heavy atom. The van der Waals surface area contributed by atoms with Gasteiger partial charge in [-0.15, -0.1) is 0 Å². The maximum atomic E-state index is 12.3. The van der Waals surface area contributed by atoms with Crippen molar-refractivity contribution in [1.29, 1.82) is 0 Å². The van der Waals surface area contributed by atoms with Gasteiger partial charge in [0.15, 0.2) is 5.78 Å². The van der Waals surface area contributed by atoms with Crippen molar-refractivity contribution in [1.82, 2.24) is 10.2 Å². The van der Waals surface area contributed by atoms with Crippen LogP contribution in [0.2, 0.25) is 0 Å². The molecule has 0 aromatic carbocycles. The number of nitrogens with one attached hydrogen (secondary N) is 1. The summed E-state index contributed by atoms with van der Waals surface area (Å²) in [5.41, 5.74) is -0.333. The van der Waals surface area contributed by atoms with Gasteiger partial charge in [0.25, 0.3) is 0 Å². The van der Waals surface area contributed by atoms with Crippen molar-refractivity contribution in [3.63, 3.8) is 0 Å². The third-order valence-corrected chi connectivity index (χ3v) is 2.21. The Hall–Kier alpha value is -0.410. The number of rotatable bonds is 4. The van der Waals surface area contributed by atoms with Crippen LogP contribution in [0.15, 0.2) is 0 Å². The van der Waals surface area contributed by atoms with Crippen LogP contribution in [0.3, 0.4) is 0 Å². The molecule has 1 N–H and O–H groups in total. The van der Waals surface area contributed by atoms with Crippen LogP contribution in [0.5, 0.6) is 0 Å². The Kier molecular flexibility index (Phi) is 5.15. The predicted octanol–water partition coefficient (Wildman–Crippen LogP) is 1.92. The third-order valence-electron chi connectivity index (χ3n) is 2.21. The largest absolute Gasteiger partial charge is 0.307 e. The summed E-state index contributed by atoms with van der Waals surface area (Å²) >= 11 is 0. The molecule has 3 nitrogen and oxygen atoms in total. The summed E-state index contributed by atoms with van der Waals surface area (Å²) in [7, 11) is 3.99. The summed E-state index contributed by atoms with van der Waals surface area (Å²) in [6, 6.07) is -0.102. The van der Waals surface area contributed by atoms with Crippen LogP contribution in [-0.2, 0) is 4.79 Å². The van der Waals surface area contributed by atoms with Crippen molar-refractivity contribution in [2.24, 2.45) is 5.41 Å². The van der Waals surface area contributed by atoms with Gasteiger partial charge in [0.2, 0.25) is 0 Å². The van der Waals surface area contributed by atoms with Gasteiger partial charge in [0, 0.05) is 17.5 Å². The number of carbonyl (C=O) groups excluding carboxylic acids is 1. The molecule has 0 radical (unpaired) electrons. The molecular formula is C13H28N2O. The Morgan fingerprint density at radius 1 is 1.12 bits per heavy atom. The molecule has 0 aliphatic rings. The monoisotopic (exact) mass is 228 g/mol. The van der Waals surface area contributed by atoms with Gasteiger partial charge in [-0.3, -0.25) is 4.79 Å². The van der Waals surface area contributed by atoms with E-state index in [1.54, 1.807) is 0 Å². The number of nitrogens with zero attached hydrogens (tertiary/aromatic N) is 1. The van der Waals surface area contributed by atoms with Gasteiger partial charge in [-0.2, -0.15) is 0 Å². The molecule has 0 heterocycles. The molecule has 0 bridgehead atoms. The molecule has 3 heteroatoms. The number of hydrogen-bond donors (Lipinski definition) is 1. The fourth-order valence-electron chi connectivity index (χ4n) is 1.60. The van der Waals surface area contributed by atoms with Gasteiger partial charge in [0.1, 0.15) is 0 Å². The summed E-state index contributed by atoms with van der Waals surface area (Å²) in [5, 5.41) is 3.40. The molecule has 0 spiro atoms. The van der Waals surface area contributed by atoms with Crippen molar-refractivity contribution in [3.05, 3.63) is 0 Å². The van der Waals surface area contributed by atoms with E-state index in [0.29, 0.717) is 0 Å². The van der Waals surface area contributed by atoms with Crippen LogP contribution >= 0.6 is 0 Å². The van der Waals surface area contributed by atoms with Gasteiger partial charge in [-0.25, -0.2) is 0 Å². The Bertz CT molecular complexity index is 233. The first-order chi connectivity index (χ1) is 6.93. The number of likely N-dealkylation sites (N-methyl/N-ethyl adjacent to an activating group) is 1. The molecule has 0 rings (SSSR count). The van der Waals surface area contributed by atoms with E-state index < -0.39 is 0 Å². The summed E-state index contributed by atoms with van der Waals surface area (Å²) < 4.78 is 0. The second-order valence-corrected chi connectivity index (χ2v) is 6.82. The molecule has 0 aromatic rings. The van der Waals surface area contributed by atoms with Gasteiger partial charge in [0.05, 0.1) is 6.04 Å². The highest BCUT2D eigenvalue weighted by Crippen LogP contribution is 2.18. The smallest absolute Gasteiger partial charge is 0.156 e. The molecule has 96 valence electrons. The van der Waals surface area contributed by atoms with E-state index in [1.807, 2.05) is 39.8 Å². The topological polar surface area (TPSA) is 32.3 Å². The summed E-state index contributed by atoms with van der Waals surface area (Å²) in [5.74, 6) is 0.274. The standard InChI is InChI=1S/C13H28N2O/c1-12(2,3)11(16)10(9-15(7)8)14-13(4,5)6/h10,14H,9H2,1-8H3. The van der Waals surface area contributed by atoms with E-state index in [1.165, 1.54) is 0 Å². The average molecular weight is 228 g/mol. The van der Waals surface area contributed by atoms with Crippen molar-refractivity contribution in [2.45, 2.75) is 53.1 Å². The lowest BCUT2D eigenvalue weighted by molar-refractivity contribution is -0.129. The van der Waals surface area contributed by atoms with Crippen molar-refractivity contribution >= 4 is 5.78 Å². The third kappa shape index (κ3) is 6.23. The maximum absolute atomic E-state index is 12.3. The number of ketones is 1. The van der Waals surface area contributed by atoms with E-state index in [4.69, 9.17) is 0 Å². The fraction of sp³-hybridized carbons (Fsp3) is 0.923. The van der Waals surface area contributed by atoms with E-state index in [-0.39, 0.29) is 22.8 Å². The average Bonchev–Trinajstić information content (AvgIpc) is 1.96. The van der Waals surface area contributed by atoms with Crippen molar-refractivity contribution in [2.75, 3.05) is 20.6 Å². The first-order valence-electron chi connectivity index (χ1n) is 5.90. The highest BCUT2D eigenvalue weighted by atomic mass is 16.1. The van der Waals surface area contributed by atoms with Gasteiger partial charge < -0.3 is 10.2 Å². The van der Waals surface area contributed by atoms with E-state index in [2.05, 4.69) is 26.1 Å². The van der Waals surface area contributed by atoms with Crippen molar-refractivity contribution in [3.8, 4) is 0 Å². The molecule has 16 heavy (non-hydrogen) atoms. The zero-order valence-electron chi connectivity index (χ0n) is 12.1. The van der Waals surface area contributed by atoms with Crippen LogP contribution in [0.25, 0.3) is 0 Å². The molecular weight excluding hydrogens is 200 g/mol. The Morgan fingerprint density at radius 3 is 1.81 bits per heavy atom. The van der Waals surface area contributed by atoms with Crippen molar-refractivity contribution < 1.29 is 4.79 Å². The lowest BCUT2D eigenvalue weighted by Crippen LogP contribution is -2.54. The maximum Gasteiger partial charge on any atom is 0.156 e. The summed E-state index contributed by atoms with van der Waals surface area (Å²) in [6.07, 6.45) is 0. The van der Waals surface area contributed by atoms with Gasteiger partial charge in [-0.05, 0) is 34.9 Å². The zero-order valence-corrected chi connectivity index (χ0v) is 12.1. The van der Waals surface area contributed by atoms with E-state index in [0.717, 1.165) is 6.54 Å². The first kappa shape index (κ1) is 15.6. The van der Waals surface area contributed by atoms with Crippen LogP contribution in [0.1, 0.15) is 41.5 Å². The van der Waals surface area contributed by atoms with Crippen LogP contribution in [0, 0.1) is 5.41 Å². The van der Waals surface area contributed by atoms with Gasteiger partial charge in [-0.1, -0.05) is 20.8 Å². The van der Waals surface area contributed by atoms with E-state index in [9.17, 15) is 4.79 Å². The highest BCUT2D eigenvalue weighted by Gasteiger charge is 2.31. The molecule has 0 saturated carbocycles. The molecule has 0 aromatic heterocycles. The minimum Gasteiger partial charge on any atom is -0.307 e. The summed E-state index contributed by atoms with van der Waals surface area (Å²) in [6.45, 7) is 12.9. The molecule has 1 unspecified atom stereocenters. The molecule has 1 atom stereocenters. The molecule has 0 fully saturated rings. The first-order valence-corrected chi connectivity index (χ1v) is 5.90. The minimum atomic E-state index is -0.293. The Labute approximate surface area is 101 Å². The number of carbonyl (C=O) groups is 1. The lowest BCUT2D eigenvalue weighted by Gasteiger charge is -2.33. The highest BCUT2D eigenvalue weighted by molar-refractivity contribution is 5.89. The number of hydrogen-bond acceptors (Lipinski definition) is 3. The fourth-order valence-corrected chi connectivity index (χ4v) is 1.60. The van der Waals surface area contributed by atoms with E-state index >= 15 is 0 Å². The number of Topliss-reactive ketones (excluding diaryl/α,β-unsaturated/α-hetero) is 1. The van der Waals surface area contributed by atoms with Crippen LogP contribution < -0.4 is 5.32 Å². The minimum absolute atomic E-state index is 0.0401. The van der Waals surface area contributed by atoms with Crippen LogP contribution in [-0.4, -0.2) is 42.9 Å². The SMILES string of the molecule is CN(C)CC(NC(C)(C)C)C(=O)C(C)(C)C. The summed E-state index contributed by atoms with van der Waals surface area (Å²) in [4.78, 5) is 14.3. The molecule has 0 aliphatic heterocycles. The lowest BCUT2D eigenvalue weighted by atomic mass is 9.85. The second-order valence-electron chi connectivity index (χ2n) is 6.82. The normalized spacial score (nSPS) is 15.3. The molecule has 0 amide bonds. The molecule has 0 saturated heterocycles. The van der Waals surface area contributed by atoms with Gasteiger partial charge >= 0.3 is 0 Å². The quantitative estimate of drug-likeness (QED) is 0.798. The zero-order chi connectivity index (χ0) is 13.1. The Balaban J connectivity index is 4.75. The second kappa shape index (κ2) is 5.28. The predicted molar refractivity (Wildman–Crippen MR) is 69.7 cm³/mol.